The molecular weight excluding hydrogens is 212 g/mol. The van der Waals surface area contributed by atoms with Crippen LogP contribution in [-0.2, 0) is 13.5 Å². The molecule has 3 rings (SSSR count). The number of aliphatic hydroxyl groups is 1. The van der Waals surface area contributed by atoms with Crippen molar-refractivity contribution in [1.82, 2.24) is 9.78 Å². The van der Waals surface area contributed by atoms with Crippen LogP contribution in [0.3, 0.4) is 0 Å². The zero-order valence-corrected chi connectivity index (χ0v) is 9.87. The van der Waals surface area contributed by atoms with Gasteiger partial charge in [0, 0.05) is 13.2 Å². The van der Waals surface area contributed by atoms with Crippen molar-refractivity contribution in [3.8, 4) is 0 Å². The van der Waals surface area contributed by atoms with Crippen molar-refractivity contribution in [2.24, 2.45) is 7.05 Å². The molecule has 0 fully saturated rings. The number of nitrogens with zero attached hydrogens (tertiary/aromatic N) is 2. The molecule has 3 heteroatoms. The standard InChI is InChI=1S/C14H16N2O/c1-16-13(6-7-15-16)14(17)9-11-8-10-4-2-3-5-12(10)11/h2-7,11,14,17H,8-9H2,1H3. The van der Waals surface area contributed by atoms with Gasteiger partial charge in [0.25, 0.3) is 0 Å². The van der Waals surface area contributed by atoms with E-state index in [1.807, 2.05) is 13.1 Å². The topological polar surface area (TPSA) is 38.0 Å². The first-order valence-corrected chi connectivity index (χ1v) is 5.99. The van der Waals surface area contributed by atoms with Crippen LogP contribution in [0.4, 0.5) is 0 Å². The molecule has 0 bridgehead atoms. The summed E-state index contributed by atoms with van der Waals surface area (Å²) in [7, 11) is 1.87. The SMILES string of the molecule is Cn1nccc1C(O)CC1Cc2ccccc21. The summed E-state index contributed by atoms with van der Waals surface area (Å²) in [6.45, 7) is 0. The highest BCUT2D eigenvalue weighted by molar-refractivity contribution is 5.40. The van der Waals surface area contributed by atoms with Crippen LogP contribution in [0.25, 0.3) is 0 Å². The molecular formula is C14H16N2O. The van der Waals surface area contributed by atoms with Crippen molar-refractivity contribution in [3.63, 3.8) is 0 Å². The van der Waals surface area contributed by atoms with Crippen molar-refractivity contribution < 1.29 is 5.11 Å². The van der Waals surface area contributed by atoms with E-state index in [-0.39, 0.29) is 0 Å². The van der Waals surface area contributed by atoms with E-state index in [0.717, 1.165) is 18.5 Å². The van der Waals surface area contributed by atoms with Crippen molar-refractivity contribution in [1.29, 1.82) is 0 Å². The quantitative estimate of drug-likeness (QED) is 0.874. The van der Waals surface area contributed by atoms with Crippen LogP contribution in [0.1, 0.15) is 35.3 Å². The Kier molecular flexibility index (Phi) is 2.48. The Morgan fingerprint density at radius 3 is 2.94 bits per heavy atom. The van der Waals surface area contributed by atoms with E-state index < -0.39 is 6.10 Å². The number of aryl methyl sites for hydroxylation is 1. The molecule has 17 heavy (non-hydrogen) atoms. The van der Waals surface area contributed by atoms with Gasteiger partial charge in [0.05, 0.1) is 11.8 Å². The zero-order valence-electron chi connectivity index (χ0n) is 9.87. The van der Waals surface area contributed by atoms with E-state index in [2.05, 4.69) is 29.4 Å². The third kappa shape index (κ3) is 1.76. The Morgan fingerprint density at radius 1 is 1.41 bits per heavy atom. The highest BCUT2D eigenvalue weighted by Crippen LogP contribution is 2.40. The molecule has 1 aromatic carbocycles. The molecule has 0 aliphatic heterocycles. The lowest BCUT2D eigenvalue weighted by atomic mass is 9.74. The molecule has 1 heterocycles. The third-order valence-electron chi connectivity index (χ3n) is 3.67. The number of hydrogen-bond acceptors (Lipinski definition) is 2. The number of rotatable bonds is 3. The molecule has 88 valence electrons. The Balaban J connectivity index is 1.72. The van der Waals surface area contributed by atoms with E-state index in [4.69, 9.17) is 0 Å². The first-order valence-electron chi connectivity index (χ1n) is 5.99. The predicted molar refractivity (Wildman–Crippen MR) is 65.7 cm³/mol. The second kappa shape index (κ2) is 4.00. The van der Waals surface area contributed by atoms with Gasteiger partial charge in [-0.2, -0.15) is 5.10 Å². The minimum Gasteiger partial charge on any atom is -0.387 e. The molecule has 2 aromatic rings. The summed E-state index contributed by atoms with van der Waals surface area (Å²) < 4.78 is 1.75. The molecule has 1 N–H and O–H groups in total. The highest BCUT2D eigenvalue weighted by Gasteiger charge is 2.28. The summed E-state index contributed by atoms with van der Waals surface area (Å²) in [6, 6.07) is 10.4. The summed E-state index contributed by atoms with van der Waals surface area (Å²) in [5.74, 6) is 0.496. The van der Waals surface area contributed by atoms with E-state index in [0.29, 0.717) is 5.92 Å². The molecule has 1 aromatic heterocycles. The van der Waals surface area contributed by atoms with Gasteiger partial charge >= 0.3 is 0 Å². The monoisotopic (exact) mass is 228 g/mol. The zero-order chi connectivity index (χ0) is 11.8. The molecule has 0 saturated carbocycles. The van der Waals surface area contributed by atoms with Crippen molar-refractivity contribution in [2.75, 3.05) is 0 Å². The fourth-order valence-electron chi connectivity index (χ4n) is 2.67. The summed E-state index contributed by atoms with van der Waals surface area (Å²) in [6.07, 6.45) is 3.19. The van der Waals surface area contributed by atoms with Gasteiger partial charge in [-0.05, 0) is 36.0 Å². The lowest BCUT2D eigenvalue weighted by Crippen LogP contribution is -2.20. The van der Waals surface area contributed by atoms with Gasteiger partial charge < -0.3 is 5.11 Å². The molecule has 2 unspecified atom stereocenters. The smallest absolute Gasteiger partial charge is 0.0962 e. The molecule has 1 aliphatic carbocycles. The fraction of sp³-hybridized carbons (Fsp3) is 0.357. The number of hydrogen-bond donors (Lipinski definition) is 1. The van der Waals surface area contributed by atoms with Gasteiger partial charge in [0.15, 0.2) is 0 Å². The maximum Gasteiger partial charge on any atom is 0.0962 e. The molecule has 0 radical (unpaired) electrons. The van der Waals surface area contributed by atoms with Crippen LogP contribution < -0.4 is 0 Å². The van der Waals surface area contributed by atoms with E-state index in [1.165, 1.54) is 11.1 Å². The summed E-state index contributed by atoms with van der Waals surface area (Å²) in [4.78, 5) is 0. The average Bonchev–Trinajstić information content (AvgIpc) is 2.72. The van der Waals surface area contributed by atoms with Gasteiger partial charge in [0.1, 0.15) is 0 Å². The largest absolute Gasteiger partial charge is 0.387 e. The first kappa shape index (κ1) is 10.5. The second-order valence-corrected chi connectivity index (χ2v) is 4.73. The number of aromatic nitrogens is 2. The van der Waals surface area contributed by atoms with E-state index >= 15 is 0 Å². The Hall–Kier alpha value is -1.61. The summed E-state index contributed by atoms with van der Waals surface area (Å²) in [5.41, 5.74) is 3.72. The molecule has 0 saturated heterocycles. The highest BCUT2D eigenvalue weighted by atomic mass is 16.3. The molecule has 2 atom stereocenters. The number of aliphatic hydroxyl groups excluding tert-OH is 1. The van der Waals surface area contributed by atoms with Crippen LogP contribution in [0.2, 0.25) is 0 Å². The minimum atomic E-state index is -0.416. The predicted octanol–water partition coefficient (Wildman–Crippen LogP) is 2.18. The third-order valence-corrected chi connectivity index (χ3v) is 3.67. The van der Waals surface area contributed by atoms with Crippen molar-refractivity contribution in [3.05, 3.63) is 53.3 Å². The second-order valence-electron chi connectivity index (χ2n) is 4.73. The molecule has 1 aliphatic rings. The van der Waals surface area contributed by atoms with Gasteiger partial charge in [-0.25, -0.2) is 0 Å². The first-order chi connectivity index (χ1) is 8.25. The maximum absolute atomic E-state index is 10.2. The Bertz CT molecular complexity index is 533. The van der Waals surface area contributed by atoms with Crippen LogP contribution in [-0.4, -0.2) is 14.9 Å². The van der Waals surface area contributed by atoms with Crippen molar-refractivity contribution in [2.45, 2.75) is 24.9 Å². The van der Waals surface area contributed by atoms with Gasteiger partial charge in [-0.3, -0.25) is 4.68 Å². The van der Waals surface area contributed by atoms with E-state index in [9.17, 15) is 5.11 Å². The van der Waals surface area contributed by atoms with Gasteiger partial charge in [0.2, 0.25) is 0 Å². The average molecular weight is 228 g/mol. The van der Waals surface area contributed by atoms with Crippen LogP contribution in [0.5, 0.6) is 0 Å². The number of fused-ring (bicyclic) bond motifs is 1. The lowest BCUT2D eigenvalue weighted by Gasteiger charge is -2.31. The van der Waals surface area contributed by atoms with Crippen LogP contribution >= 0.6 is 0 Å². The summed E-state index contributed by atoms with van der Waals surface area (Å²) >= 11 is 0. The fourth-order valence-corrected chi connectivity index (χ4v) is 2.67. The lowest BCUT2D eigenvalue weighted by molar-refractivity contribution is 0.144. The van der Waals surface area contributed by atoms with Gasteiger partial charge in [-0.1, -0.05) is 24.3 Å². The van der Waals surface area contributed by atoms with Crippen LogP contribution in [0, 0.1) is 0 Å². The molecule has 0 spiro atoms. The normalized spacial score (nSPS) is 19.5. The minimum absolute atomic E-state index is 0.416. The van der Waals surface area contributed by atoms with Gasteiger partial charge in [-0.15, -0.1) is 0 Å². The van der Waals surface area contributed by atoms with Crippen LogP contribution in [0.15, 0.2) is 36.5 Å². The maximum atomic E-state index is 10.2. The van der Waals surface area contributed by atoms with Crippen molar-refractivity contribution >= 4 is 0 Å². The number of benzene rings is 1. The van der Waals surface area contributed by atoms with E-state index in [1.54, 1.807) is 10.9 Å². The molecule has 3 nitrogen and oxygen atoms in total. The molecule has 0 amide bonds. The Labute approximate surface area is 101 Å². The Morgan fingerprint density at radius 2 is 2.24 bits per heavy atom. The summed E-state index contributed by atoms with van der Waals surface area (Å²) in [5, 5.41) is 14.3.